The van der Waals surface area contributed by atoms with Gasteiger partial charge in [0.2, 0.25) is 17.7 Å². The number of nitrogens with zero attached hydrogens (tertiary/aromatic N) is 1. The molecule has 0 heterocycles. The molecule has 8 heteroatoms. The van der Waals surface area contributed by atoms with E-state index in [9.17, 15) is 20.6 Å². The summed E-state index contributed by atoms with van der Waals surface area (Å²) < 4.78 is 5.81. The van der Waals surface area contributed by atoms with E-state index in [1.54, 1.807) is 18.2 Å². The van der Waals surface area contributed by atoms with Crippen LogP contribution in [0.5, 0.6) is 5.75 Å². The molecular weight excluding hydrogens is 292 g/mol. The Hall–Kier alpha value is -2.39. The van der Waals surface area contributed by atoms with Gasteiger partial charge >= 0.3 is 5.69 Å². The lowest BCUT2D eigenvalue weighted by atomic mass is 10.1. The second-order valence-electron chi connectivity index (χ2n) is 4.57. The number of aromatic hydroxyl groups is 1. The van der Waals surface area contributed by atoms with E-state index < -0.39 is 12.9 Å². The number of nitrogens with two attached hydrogens (primary N) is 1. The number of aliphatic hydroxyl groups excluding tert-OH is 2. The van der Waals surface area contributed by atoms with Crippen molar-refractivity contribution >= 4 is 17.1 Å². The molecule has 0 aromatic heterocycles. The molecule has 0 aliphatic heterocycles. The number of benzene rings is 1. The van der Waals surface area contributed by atoms with Crippen LogP contribution in [0.1, 0.15) is 6.42 Å². The topological polar surface area (TPSA) is 130 Å². The number of allylic oxidation sites excluding steroid dienone is 4. The van der Waals surface area contributed by atoms with Crippen molar-refractivity contribution in [3.63, 3.8) is 0 Å². The monoisotopic (exact) mass is 310 g/mol. The maximum atomic E-state index is 10.3. The van der Waals surface area contributed by atoms with Crippen LogP contribution in [-0.4, -0.2) is 49.1 Å². The number of phenols is 1. The lowest BCUT2D eigenvalue weighted by molar-refractivity contribution is -0.830. The van der Waals surface area contributed by atoms with Gasteiger partial charge in [-0.05, 0) is 12.1 Å². The highest BCUT2D eigenvalue weighted by molar-refractivity contribution is 5.94. The standard InChI is InChI=1S/C14H16N2O6/c17-8-13(19)22-10-4-1-3-9(7-10)16(21)14-11(15-20)5-2-6-12(14)18/h1-6,13,15,17,19-20H,7-8H2,(H-,18,21)/p+2/b16-9+. The van der Waals surface area contributed by atoms with Gasteiger partial charge in [0.25, 0.3) is 0 Å². The number of ether oxygens (including phenoxy) is 1. The normalized spacial score (nSPS) is 17.9. The number of quaternary nitrogens is 1. The minimum atomic E-state index is -1.35. The van der Waals surface area contributed by atoms with Crippen LogP contribution in [0.2, 0.25) is 0 Å². The number of phenolic OH excluding ortho intramolecular Hbond substituents is 1. The molecule has 1 aromatic rings. The van der Waals surface area contributed by atoms with Gasteiger partial charge in [0.05, 0.1) is 6.42 Å². The Morgan fingerprint density at radius 1 is 1.36 bits per heavy atom. The predicted octanol–water partition coefficient (Wildman–Crippen LogP) is -0.378. The first-order valence-corrected chi connectivity index (χ1v) is 6.54. The Balaban J connectivity index is 2.32. The molecule has 118 valence electrons. The van der Waals surface area contributed by atoms with Crippen molar-refractivity contribution in [3.05, 3.63) is 42.2 Å². The van der Waals surface area contributed by atoms with E-state index in [-0.39, 0.29) is 23.5 Å². The highest BCUT2D eigenvalue weighted by Crippen LogP contribution is 2.31. The average Bonchev–Trinajstić information content (AvgIpc) is 2.54. The summed E-state index contributed by atoms with van der Waals surface area (Å²) in [5, 5.41) is 47.4. The Labute approximate surface area is 126 Å². The van der Waals surface area contributed by atoms with Gasteiger partial charge < -0.3 is 20.1 Å². The van der Waals surface area contributed by atoms with E-state index in [0.717, 1.165) is 10.2 Å². The highest BCUT2D eigenvalue weighted by atomic mass is 16.6. The van der Waals surface area contributed by atoms with Crippen molar-refractivity contribution in [1.29, 1.82) is 0 Å². The van der Waals surface area contributed by atoms with Gasteiger partial charge in [0, 0.05) is 16.9 Å². The van der Waals surface area contributed by atoms with Crippen molar-refractivity contribution in [3.8, 4) is 5.75 Å². The molecule has 0 spiro atoms. The number of aliphatic hydroxyl groups is 2. The summed E-state index contributed by atoms with van der Waals surface area (Å²) in [7, 11) is 0. The first-order chi connectivity index (χ1) is 10.6. The zero-order valence-corrected chi connectivity index (χ0v) is 11.6. The molecule has 2 rings (SSSR count). The molecular formula is C14H18N2O6+2. The molecule has 0 saturated carbocycles. The molecule has 8 nitrogen and oxygen atoms in total. The van der Waals surface area contributed by atoms with Crippen molar-refractivity contribution in [2.75, 3.05) is 6.61 Å². The van der Waals surface area contributed by atoms with Crippen LogP contribution < -0.4 is 5.48 Å². The Kier molecular flexibility index (Phi) is 5.12. The van der Waals surface area contributed by atoms with E-state index in [1.165, 1.54) is 18.2 Å². The zero-order valence-electron chi connectivity index (χ0n) is 11.6. The van der Waals surface area contributed by atoms with Gasteiger partial charge in [-0.15, -0.1) is 0 Å². The number of para-hydroxylation sites is 1. The minimum Gasteiger partial charge on any atom is -0.502 e. The zero-order chi connectivity index (χ0) is 16.1. The lowest BCUT2D eigenvalue weighted by Crippen LogP contribution is -2.73. The summed E-state index contributed by atoms with van der Waals surface area (Å²) >= 11 is 0. The molecule has 1 atom stereocenters. The molecule has 1 aliphatic carbocycles. The Morgan fingerprint density at radius 3 is 2.82 bits per heavy atom. The molecule has 7 N–H and O–H groups in total. The third-order valence-electron chi connectivity index (χ3n) is 3.04. The molecule has 22 heavy (non-hydrogen) atoms. The third kappa shape index (κ3) is 3.43. The predicted molar refractivity (Wildman–Crippen MR) is 74.2 cm³/mol. The number of rotatable bonds is 5. The van der Waals surface area contributed by atoms with Crippen LogP contribution in [0.25, 0.3) is 0 Å². The van der Waals surface area contributed by atoms with Crippen LogP contribution in [-0.2, 0) is 4.74 Å². The van der Waals surface area contributed by atoms with Gasteiger partial charge in [-0.3, -0.25) is 5.21 Å². The molecule has 1 unspecified atom stereocenters. The van der Waals surface area contributed by atoms with E-state index in [0.29, 0.717) is 11.5 Å². The first kappa shape index (κ1) is 16.0. The smallest absolute Gasteiger partial charge is 0.361 e. The van der Waals surface area contributed by atoms with Crippen LogP contribution >= 0.6 is 0 Å². The van der Waals surface area contributed by atoms with Gasteiger partial charge in [-0.1, -0.05) is 12.1 Å². The van der Waals surface area contributed by atoms with Crippen molar-refractivity contribution in [2.45, 2.75) is 12.7 Å². The Bertz CT molecular complexity index is 638. The maximum Gasteiger partial charge on any atom is 0.361 e. The quantitative estimate of drug-likeness (QED) is 0.145. The molecule has 1 aromatic carbocycles. The summed E-state index contributed by atoms with van der Waals surface area (Å²) in [4.78, 5) is 0. The summed E-state index contributed by atoms with van der Waals surface area (Å²) in [6.45, 7) is -0.553. The van der Waals surface area contributed by atoms with Crippen LogP contribution in [0, 0.1) is 0 Å². The van der Waals surface area contributed by atoms with Crippen LogP contribution in [0.3, 0.4) is 0 Å². The van der Waals surface area contributed by atoms with Crippen molar-refractivity contribution in [1.82, 2.24) is 0 Å². The number of hydrogen-bond donors (Lipinski definition) is 6. The van der Waals surface area contributed by atoms with Gasteiger partial charge in [-0.25, -0.2) is 5.21 Å². The fourth-order valence-electron chi connectivity index (χ4n) is 2.03. The van der Waals surface area contributed by atoms with Crippen molar-refractivity contribution < 1.29 is 40.7 Å². The Morgan fingerprint density at radius 2 is 2.14 bits per heavy atom. The highest BCUT2D eigenvalue weighted by Gasteiger charge is 2.29. The fourth-order valence-corrected chi connectivity index (χ4v) is 2.03. The minimum absolute atomic E-state index is 0.0219. The average molecular weight is 310 g/mol. The van der Waals surface area contributed by atoms with Gasteiger partial charge in [0.1, 0.15) is 12.4 Å². The molecule has 0 radical (unpaired) electrons. The summed E-state index contributed by atoms with van der Waals surface area (Å²) in [5.41, 5.74) is 1.38. The summed E-state index contributed by atoms with van der Waals surface area (Å²) in [5.74, 6) is 0.127. The van der Waals surface area contributed by atoms with Gasteiger partial charge in [-0.2, -0.15) is 5.48 Å². The molecule has 0 bridgehead atoms. The van der Waals surface area contributed by atoms with Crippen LogP contribution in [0.15, 0.2) is 42.2 Å². The molecule has 0 saturated heterocycles. The fraction of sp³-hybridized carbons (Fsp3) is 0.214. The van der Waals surface area contributed by atoms with Crippen molar-refractivity contribution in [2.24, 2.45) is 0 Å². The van der Waals surface area contributed by atoms with E-state index in [1.807, 2.05) is 0 Å². The lowest BCUT2D eigenvalue weighted by Gasteiger charge is -2.14. The van der Waals surface area contributed by atoms with E-state index in [4.69, 9.17) is 9.84 Å². The van der Waals surface area contributed by atoms with E-state index in [2.05, 4.69) is 0 Å². The van der Waals surface area contributed by atoms with Gasteiger partial charge in [0.15, 0.2) is 5.75 Å². The maximum absolute atomic E-state index is 10.3. The molecule has 1 aliphatic rings. The third-order valence-corrected chi connectivity index (χ3v) is 3.04. The molecule has 0 fully saturated rings. The van der Waals surface area contributed by atoms with Crippen LogP contribution in [0.4, 0.5) is 11.4 Å². The molecule has 0 amide bonds. The van der Waals surface area contributed by atoms with E-state index >= 15 is 0 Å². The SMILES string of the molecule is OCC(O)OC1=CC=C/C(=[N+](\O)c2c(O)cccc2[NH2+]O)C1. The largest absolute Gasteiger partial charge is 0.502 e. The summed E-state index contributed by atoms with van der Waals surface area (Å²) in [6.07, 6.45) is 3.54. The second-order valence-corrected chi connectivity index (χ2v) is 4.57. The summed E-state index contributed by atoms with van der Waals surface area (Å²) in [6, 6.07) is 4.43. The number of hydrogen-bond acceptors (Lipinski definition) is 6. The second kappa shape index (κ2) is 7.05. The first-order valence-electron chi connectivity index (χ1n) is 6.54.